The Morgan fingerprint density at radius 2 is 1.65 bits per heavy atom. The molecule has 0 unspecified atom stereocenters. The molecule has 0 fully saturated rings. The molecule has 0 saturated heterocycles. The van der Waals surface area contributed by atoms with Crippen molar-refractivity contribution >= 4 is 34.1 Å². The molecule has 0 spiro atoms. The Morgan fingerprint density at radius 3 is 2.35 bits per heavy atom. The Hall–Kier alpha value is -2.76. The maximum Gasteiger partial charge on any atom is 0.274 e. The molecule has 26 heavy (non-hydrogen) atoms. The summed E-state index contributed by atoms with van der Waals surface area (Å²) < 4.78 is 3.00. The summed E-state index contributed by atoms with van der Waals surface area (Å²) in [5.41, 5.74) is 1.77. The molecule has 5 nitrogen and oxygen atoms in total. The average molecular weight is 386 g/mol. The molecular formula is C19H13Cl2N3O2. The van der Waals surface area contributed by atoms with Gasteiger partial charge in [-0.25, -0.2) is 0 Å². The van der Waals surface area contributed by atoms with Gasteiger partial charge in [-0.05, 0) is 29.8 Å². The molecule has 0 saturated carbocycles. The SMILES string of the molecule is Cn1c(-c2ccc(Cl)cc2)c2c(=O)[nH]n(-c3ccccc3Cl)c2cc1=O. The third-order valence-electron chi connectivity index (χ3n) is 4.31. The summed E-state index contributed by atoms with van der Waals surface area (Å²) in [4.78, 5) is 25.3. The Balaban J connectivity index is 2.13. The van der Waals surface area contributed by atoms with E-state index in [0.29, 0.717) is 32.3 Å². The highest BCUT2D eigenvalue weighted by molar-refractivity contribution is 6.32. The Morgan fingerprint density at radius 1 is 0.962 bits per heavy atom. The van der Waals surface area contributed by atoms with E-state index in [0.717, 1.165) is 5.56 Å². The lowest BCUT2D eigenvalue weighted by molar-refractivity contribution is 0.871. The minimum absolute atomic E-state index is 0.234. The van der Waals surface area contributed by atoms with E-state index in [1.807, 2.05) is 6.07 Å². The molecule has 0 atom stereocenters. The van der Waals surface area contributed by atoms with Crippen LogP contribution in [0.3, 0.4) is 0 Å². The van der Waals surface area contributed by atoms with Crippen LogP contribution in [0.25, 0.3) is 27.8 Å². The second kappa shape index (κ2) is 6.20. The van der Waals surface area contributed by atoms with Crippen LogP contribution < -0.4 is 11.1 Å². The fourth-order valence-corrected chi connectivity index (χ4v) is 3.42. The zero-order valence-corrected chi connectivity index (χ0v) is 15.2. The standard InChI is InChI=1S/C19H13Cl2N3O2/c1-23-16(25)10-15-17(18(23)11-6-8-12(20)9-7-11)19(26)22-24(15)14-5-3-2-4-13(14)21/h2-10H,1H3,(H,22,26). The van der Waals surface area contributed by atoms with E-state index >= 15 is 0 Å². The lowest BCUT2D eigenvalue weighted by Gasteiger charge is -2.11. The van der Waals surface area contributed by atoms with Gasteiger partial charge >= 0.3 is 0 Å². The van der Waals surface area contributed by atoms with Gasteiger partial charge in [0.05, 0.1) is 27.3 Å². The van der Waals surface area contributed by atoms with Crippen molar-refractivity contribution < 1.29 is 0 Å². The molecular weight excluding hydrogens is 373 g/mol. The first kappa shape index (κ1) is 16.7. The van der Waals surface area contributed by atoms with E-state index < -0.39 is 0 Å². The van der Waals surface area contributed by atoms with Crippen molar-refractivity contribution in [2.75, 3.05) is 0 Å². The number of H-pyrrole nitrogens is 1. The van der Waals surface area contributed by atoms with Crippen molar-refractivity contribution in [3.63, 3.8) is 0 Å². The second-order valence-electron chi connectivity index (χ2n) is 5.89. The van der Waals surface area contributed by atoms with Gasteiger partial charge in [0, 0.05) is 18.1 Å². The third kappa shape index (κ3) is 2.57. The van der Waals surface area contributed by atoms with Crippen molar-refractivity contribution in [3.05, 3.63) is 85.4 Å². The number of halogens is 2. The minimum Gasteiger partial charge on any atom is -0.310 e. The quantitative estimate of drug-likeness (QED) is 0.566. The normalized spacial score (nSPS) is 11.2. The van der Waals surface area contributed by atoms with Gasteiger partial charge in [0.15, 0.2) is 0 Å². The summed E-state index contributed by atoms with van der Waals surface area (Å²) in [6, 6.07) is 15.5. The predicted molar refractivity (Wildman–Crippen MR) is 105 cm³/mol. The summed E-state index contributed by atoms with van der Waals surface area (Å²) in [5.74, 6) is 0. The predicted octanol–water partition coefficient (Wildman–Crippen LogP) is 3.99. The number of benzene rings is 2. The molecule has 0 aliphatic heterocycles. The van der Waals surface area contributed by atoms with E-state index in [4.69, 9.17) is 23.2 Å². The number of fused-ring (bicyclic) bond motifs is 1. The van der Waals surface area contributed by atoms with Gasteiger partial charge in [-0.15, -0.1) is 0 Å². The Bertz CT molecular complexity index is 1250. The van der Waals surface area contributed by atoms with E-state index in [1.165, 1.54) is 10.6 Å². The van der Waals surface area contributed by atoms with E-state index in [2.05, 4.69) is 5.10 Å². The summed E-state index contributed by atoms with van der Waals surface area (Å²) in [6.07, 6.45) is 0. The smallest absolute Gasteiger partial charge is 0.274 e. The van der Waals surface area contributed by atoms with Crippen LogP contribution in [-0.4, -0.2) is 14.3 Å². The van der Waals surface area contributed by atoms with Crippen LogP contribution in [0.1, 0.15) is 0 Å². The molecule has 1 N–H and O–H groups in total. The van der Waals surface area contributed by atoms with Gasteiger partial charge < -0.3 is 4.57 Å². The topological polar surface area (TPSA) is 59.8 Å². The van der Waals surface area contributed by atoms with Crippen LogP contribution in [0.5, 0.6) is 0 Å². The van der Waals surface area contributed by atoms with Crippen LogP contribution in [0.4, 0.5) is 0 Å². The fraction of sp³-hybridized carbons (Fsp3) is 0.0526. The number of nitrogens with zero attached hydrogens (tertiary/aromatic N) is 2. The van der Waals surface area contributed by atoms with Gasteiger partial charge in [-0.3, -0.25) is 19.4 Å². The van der Waals surface area contributed by atoms with Crippen molar-refractivity contribution in [3.8, 4) is 16.9 Å². The zero-order chi connectivity index (χ0) is 18.4. The fourth-order valence-electron chi connectivity index (χ4n) is 3.07. The summed E-state index contributed by atoms with van der Waals surface area (Å²) in [7, 11) is 1.64. The summed E-state index contributed by atoms with van der Waals surface area (Å²) in [5, 5.41) is 4.24. The maximum absolute atomic E-state index is 12.7. The molecule has 0 bridgehead atoms. The molecule has 130 valence electrons. The van der Waals surface area contributed by atoms with Gasteiger partial charge in [0.1, 0.15) is 0 Å². The van der Waals surface area contributed by atoms with E-state index in [9.17, 15) is 9.59 Å². The largest absolute Gasteiger partial charge is 0.310 e. The molecule has 7 heteroatoms. The van der Waals surface area contributed by atoms with Crippen LogP contribution in [0.2, 0.25) is 10.0 Å². The first-order chi connectivity index (χ1) is 12.5. The third-order valence-corrected chi connectivity index (χ3v) is 4.88. The van der Waals surface area contributed by atoms with Gasteiger partial charge in [-0.2, -0.15) is 0 Å². The highest BCUT2D eigenvalue weighted by atomic mass is 35.5. The number of hydrogen-bond acceptors (Lipinski definition) is 2. The molecule has 2 aromatic carbocycles. The highest BCUT2D eigenvalue weighted by Crippen LogP contribution is 2.28. The molecule has 4 aromatic rings. The molecule has 2 aromatic heterocycles. The first-order valence-corrected chi connectivity index (χ1v) is 8.58. The summed E-state index contributed by atoms with van der Waals surface area (Å²) in [6.45, 7) is 0. The monoisotopic (exact) mass is 385 g/mol. The van der Waals surface area contributed by atoms with Crippen LogP contribution in [0.15, 0.2) is 64.2 Å². The summed E-state index contributed by atoms with van der Waals surface area (Å²) >= 11 is 12.2. The molecule has 0 radical (unpaired) electrons. The minimum atomic E-state index is -0.305. The van der Waals surface area contributed by atoms with E-state index in [1.54, 1.807) is 54.2 Å². The van der Waals surface area contributed by atoms with Crippen molar-refractivity contribution in [1.29, 1.82) is 0 Å². The lowest BCUT2D eigenvalue weighted by Crippen LogP contribution is -2.19. The molecule has 0 aliphatic carbocycles. The van der Waals surface area contributed by atoms with Crippen molar-refractivity contribution in [2.45, 2.75) is 0 Å². The number of aromatic amines is 1. The van der Waals surface area contributed by atoms with Crippen LogP contribution in [0, 0.1) is 0 Å². The highest BCUT2D eigenvalue weighted by Gasteiger charge is 2.18. The van der Waals surface area contributed by atoms with Crippen molar-refractivity contribution in [2.24, 2.45) is 7.05 Å². The second-order valence-corrected chi connectivity index (χ2v) is 6.73. The molecule has 2 heterocycles. The first-order valence-electron chi connectivity index (χ1n) is 7.83. The lowest BCUT2D eigenvalue weighted by atomic mass is 10.1. The van der Waals surface area contributed by atoms with Gasteiger partial charge in [0.25, 0.3) is 11.1 Å². The maximum atomic E-state index is 12.7. The number of rotatable bonds is 2. The Kier molecular flexibility index (Phi) is 3.98. The number of para-hydroxylation sites is 1. The van der Waals surface area contributed by atoms with Gasteiger partial charge in [0.2, 0.25) is 0 Å². The zero-order valence-electron chi connectivity index (χ0n) is 13.7. The van der Waals surface area contributed by atoms with Gasteiger partial charge in [-0.1, -0.05) is 47.5 Å². The molecule has 4 rings (SSSR count). The number of aromatic nitrogens is 3. The Labute approximate surface area is 158 Å². The molecule has 0 amide bonds. The average Bonchev–Trinajstić information content (AvgIpc) is 2.94. The van der Waals surface area contributed by atoms with Crippen LogP contribution in [-0.2, 0) is 7.05 Å². The van der Waals surface area contributed by atoms with Crippen LogP contribution >= 0.6 is 23.2 Å². The van der Waals surface area contributed by atoms with Crippen molar-refractivity contribution in [1.82, 2.24) is 14.3 Å². The number of pyridine rings is 1. The molecule has 0 aliphatic rings. The number of nitrogens with one attached hydrogen (secondary N) is 1. The van der Waals surface area contributed by atoms with E-state index in [-0.39, 0.29) is 11.1 Å². The number of hydrogen-bond donors (Lipinski definition) is 1.